The average molecular weight is 291 g/mol. The van der Waals surface area contributed by atoms with Crippen LogP contribution < -0.4 is 10.1 Å². The van der Waals surface area contributed by atoms with Gasteiger partial charge in [0.1, 0.15) is 11.6 Å². The molecule has 0 fully saturated rings. The van der Waals surface area contributed by atoms with Gasteiger partial charge in [-0.05, 0) is 30.7 Å². The highest BCUT2D eigenvalue weighted by atomic mass is 35.5. The lowest BCUT2D eigenvalue weighted by atomic mass is 10.3. The van der Waals surface area contributed by atoms with Crippen LogP contribution in [0, 0.1) is 0 Å². The molecule has 1 amide bonds. The van der Waals surface area contributed by atoms with E-state index in [0.717, 1.165) is 5.75 Å². The van der Waals surface area contributed by atoms with E-state index in [2.05, 4.69) is 10.3 Å². The summed E-state index contributed by atoms with van der Waals surface area (Å²) in [6.45, 7) is 0.500. The fourth-order valence-corrected chi connectivity index (χ4v) is 1.78. The number of para-hydroxylation sites is 1. The van der Waals surface area contributed by atoms with Crippen molar-refractivity contribution in [3.05, 3.63) is 53.7 Å². The Hall–Kier alpha value is -2.07. The number of benzene rings is 1. The van der Waals surface area contributed by atoms with E-state index in [0.29, 0.717) is 30.3 Å². The number of carbonyl (C=O) groups excluding carboxylic acids is 1. The molecule has 1 N–H and O–H groups in total. The minimum Gasteiger partial charge on any atom is -0.494 e. The van der Waals surface area contributed by atoms with Crippen LogP contribution in [0.2, 0.25) is 5.02 Å². The van der Waals surface area contributed by atoms with E-state index in [9.17, 15) is 4.79 Å². The van der Waals surface area contributed by atoms with Crippen molar-refractivity contribution in [2.45, 2.75) is 12.8 Å². The molecule has 20 heavy (non-hydrogen) atoms. The molecular weight excluding hydrogens is 276 g/mol. The van der Waals surface area contributed by atoms with Gasteiger partial charge in [-0.3, -0.25) is 4.79 Å². The first-order chi connectivity index (χ1) is 9.74. The number of halogens is 1. The van der Waals surface area contributed by atoms with Crippen molar-refractivity contribution in [2.75, 3.05) is 11.9 Å². The van der Waals surface area contributed by atoms with Gasteiger partial charge >= 0.3 is 0 Å². The number of rotatable bonds is 6. The normalized spacial score (nSPS) is 10.1. The standard InChI is InChI=1S/C15H15ClN2O2/c16-12-8-9-17-14(11-12)18-15(19)7-4-10-20-13-5-2-1-3-6-13/h1-3,5-6,8-9,11H,4,7,10H2,(H,17,18,19). The molecule has 1 heterocycles. The first kappa shape index (κ1) is 14.3. The predicted octanol–water partition coefficient (Wildman–Crippen LogP) is 3.53. The summed E-state index contributed by atoms with van der Waals surface area (Å²) in [4.78, 5) is 15.7. The molecule has 0 unspecified atom stereocenters. The van der Waals surface area contributed by atoms with Crippen LogP contribution in [0.3, 0.4) is 0 Å². The fourth-order valence-electron chi connectivity index (χ4n) is 1.62. The van der Waals surface area contributed by atoms with Crippen molar-refractivity contribution in [3.8, 4) is 5.75 Å². The number of nitrogens with one attached hydrogen (secondary N) is 1. The molecular formula is C15H15ClN2O2. The molecule has 1 aromatic carbocycles. The molecule has 4 nitrogen and oxygen atoms in total. The van der Waals surface area contributed by atoms with Gasteiger partial charge in [-0.1, -0.05) is 29.8 Å². The molecule has 0 spiro atoms. The number of carbonyl (C=O) groups is 1. The minimum absolute atomic E-state index is 0.101. The summed E-state index contributed by atoms with van der Waals surface area (Å²) in [6.07, 6.45) is 2.57. The Morgan fingerprint density at radius 2 is 2.05 bits per heavy atom. The van der Waals surface area contributed by atoms with Gasteiger partial charge in [0.25, 0.3) is 0 Å². The summed E-state index contributed by atoms with van der Waals surface area (Å²) >= 11 is 5.81. The zero-order valence-corrected chi connectivity index (χ0v) is 11.6. The highest BCUT2D eigenvalue weighted by Gasteiger charge is 2.03. The van der Waals surface area contributed by atoms with Crippen LogP contribution in [0.25, 0.3) is 0 Å². The molecule has 2 aromatic rings. The number of amides is 1. The number of anilines is 1. The van der Waals surface area contributed by atoms with E-state index in [1.165, 1.54) is 0 Å². The SMILES string of the molecule is O=C(CCCOc1ccccc1)Nc1cc(Cl)ccn1. The Balaban J connectivity index is 1.68. The van der Waals surface area contributed by atoms with Gasteiger partial charge < -0.3 is 10.1 Å². The number of pyridine rings is 1. The Morgan fingerprint density at radius 3 is 2.80 bits per heavy atom. The summed E-state index contributed by atoms with van der Waals surface area (Å²) in [5.74, 6) is 1.17. The van der Waals surface area contributed by atoms with E-state index in [-0.39, 0.29) is 5.91 Å². The molecule has 0 aliphatic carbocycles. The van der Waals surface area contributed by atoms with Gasteiger partial charge in [0, 0.05) is 17.6 Å². The van der Waals surface area contributed by atoms with Crippen molar-refractivity contribution in [1.29, 1.82) is 0 Å². The first-order valence-corrected chi connectivity index (χ1v) is 6.71. The van der Waals surface area contributed by atoms with Gasteiger partial charge in [-0.25, -0.2) is 4.98 Å². The van der Waals surface area contributed by atoms with Gasteiger partial charge in [-0.2, -0.15) is 0 Å². The molecule has 0 bridgehead atoms. The lowest BCUT2D eigenvalue weighted by Crippen LogP contribution is -2.13. The maximum Gasteiger partial charge on any atom is 0.225 e. The maximum absolute atomic E-state index is 11.7. The summed E-state index contributed by atoms with van der Waals surface area (Å²) < 4.78 is 5.51. The van der Waals surface area contributed by atoms with Crippen molar-refractivity contribution >= 4 is 23.3 Å². The molecule has 1 aromatic heterocycles. The lowest BCUT2D eigenvalue weighted by molar-refractivity contribution is -0.116. The van der Waals surface area contributed by atoms with E-state index in [1.807, 2.05) is 30.3 Å². The zero-order valence-electron chi connectivity index (χ0n) is 10.9. The second kappa shape index (κ2) is 7.50. The Morgan fingerprint density at radius 1 is 1.25 bits per heavy atom. The maximum atomic E-state index is 11.7. The number of nitrogens with zero attached hydrogens (tertiary/aromatic N) is 1. The molecule has 104 valence electrons. The summed E-state index contributed by atoms with van der Waals surface area (Å²) in [7, 11) is 0. The predicted molar refractivity (Wildman–Crippen MR) is 79.0 cm³/mol. The fraction of sp³-hybridized carbons (Fsp3) is 0.200. The van der Waals surface area contributed by atoms with Crippen LogP contribution in [-0.4, -0.2) is 17.5 Å². The highest BCUT2D eigenvalue weighted by molar-refractivity contribution is 6.30. The van der Waals surface area contributed by atoms with Crippen molar-refractivity contribution in [2.24, 2.45) is 0 Å². The van der Waals surface area contributed by atoms with Crippen LogP contribution in [0.15, 0.2) is 48.7 Å². The van der Waals surface area contributed by atoms with Crippen LogP contribution in [0.4, 0.5) is 5.82 Å². The van der Waals surface area contributed by atoms with E-state index in [1.54, 1.807) is 18.3 Å². The first-order valence-electron chi connectivity index (χ1n) is 6.33. The van der Waals surface area contributed by atoms with Gasteiger partial charge in [0.05, 0.1) is 6.61 Å². The Kier molecular flexibility index (Phi) is 5.38. The molecule has 0 radical (unpaired) electrons. The van der Waals surface area contributed by atoms with Crippen molar-refractivity contribution in [3.63, 3.8) is 0 Å². The van der Waals surface area contributed by atoms with E-state index < -0.39 is 0 Å². The second-order valence-corrected chi connectivity index (χ2v) is 4.61. The quantitative estimate of drug-likeness (QED) is 0.828. The number of hydrogen-bond acceptors (Lipinski definition) is 3. The topological polar surface area (TPSA) is 51.2 Å². The summed E-state index contributed by atoms with van der Waals surface area (Å²) in [5.41, 5.74) is 0. The number of hydrogen-bond donors (Lipinski definition) is 1. The number of aromatic nitrogens is 1. The molecule has 0 atom stereocenters. The van der Waals surface area contributed by atoms with Crippen LogP contribution in [0.5, 0.6) is 5.75 Å². The second-order valence-electron chi connectivity index (χ2n) is 4.17. The number of ether oxygens (including phenoxy) is 1. The lowest BCUT2D eigenvalue weighted by Gasteiger charge is -2.06. The molecule has 5 heteroatoms. The zero-order chi connectivity index (χ0) is 14.2. The van der Waals surface area contributed by atoms with Crippen LogP contribution >= 0.6 is 11.6 Å². The third-order valence-electron chi connectivity index (χ3n) is 2.55. The molecule has 0 saturated carbocycles. The molecule has 0 aliphatic rings. The average Bonchev–Trinajstić information content (AvgIpc) is 2.45. The van der Waals surface area contributed by atoms with Crippen LogP contribution in [0.1, 0.15) is 12.8 Å². The monoisotopic (exact) mass is 290 g/mol. The highest BCUT2D eigenvalue weighted by Crippen LogP contribution is 2.12. The minimum atomic E-state index is -0.101. The molecule has 0 saturated heterocycles. The Labute approximate surface area is 122 Å². The largest absolute Gasteiger partial charge is 0.494 e. The van der Waals surface area contributed by atoms with Gasteiger partial charge in [0.2, 0.25) is 5.91 Å². The Bertz CT molecular complexity index is 561. The van der Waals surface area contributed by atoms with E-state index in [4.69, 9.17) is 16.3 Å². The van der Waals surface area contributed by atoms with Gasteiger partial charge in [0.15, 0.2) is 0 Å². The van der Waals surface area contributed by atoms with Crippen molar-refractivity contribution in [1.82, 2.24) is 4.98 Å². The third-order valence-corrected chi connectivity index (χ3v) is 2.78. The summed E-state index contributed by atoms with van der Waals surface area (Å²) in [5, 5.41) is 3.24. The van der Waals surface area contributed by atoms with Crippen LogP contribution in [-0.2, 0) is 4.79 Å². The molecule has 2 rings (SSSR count). The molecule has 0 aliphatic heterocycles. The van der Waals surface area contributed by atoms with Crippen molar-refractivity contribution < 1.29 is 9.53 Å². The third kappa shape index (κ3) is 4.90. The summed E-state index contributed by atoms with van der Waals surface area (Å²) in [6, 6.07) is 12.8. The van der Waals surface area contributed by atoms with Gasteiger partial charge in [-0.15, -0.1) is 0 Å². The van der Waals surface area contributed by atoms with E-state index >= 15 is 0 Å². The smallest absolute Gasteiger partial charge is 0.225 e.